The molecule has 24 heavy (non-hydrogen) atoms. The van der Waals surface area contributed by atoms with Crippen LogP contribution in [0.5, 0.6) is 0 Å². The molecule has 0 saturated carbocycles. The third-order valence-electron chi connectivity index (χ3n) is 4.44. The Morgan fingerprint density at radius 3 is 2.54 bits per heavy atom. The summed E-state index contributed by atoms with van der Waals surface area (Å²) in [5, 5.41) is 16.4. The second-order valence-electron chi connectivity index (χ2n) is 5.98. The first-order valence-electron chi connectivity index (χ1n) is 7.65. The van der Waals surface area contributed by atoms with E-state index in [2.05, 4.69) is 10.2 Å². The van der Waals surface area contributed by atoms with E-state index in [1.54, 1.807) is 0 Å². The highest BCUT2D eigenvalue weighted by Gasteiger charge is 2.34. The zero-order valence-corrected chi connectivity index (χ0v) is 12.9. The lowest BCUT2D eigenvalue weighted by atomic mass is 9.91. The number of nitrogens with zero attached hydrogens (tertiary/aromatic N) is 2. The summed E-state index contributed by atoms with van der Waals surface area (Å²) in [6.45, 7) is 0.764. The molecule has 6 nitrogen and oxygen atoms in total. The number of aromatic amines is 1. The summed E-state index contributed by atoms with van der Waals surface area (Å²) in [7, 11) is 0. The van der Waals surface area contributed by atoms with Crippen LogP contribution in [0.25, 0.3) is 11.3 Å². The van der Waals surface area contributed by atoms with E-state index in [9.17, 15) is 18.7 Å². The number of H-pyrrole nitrogens is 1. The zero-order valence-electron chi connectivity index (χ0n) is 12.9. The second kappa shape index (κ2) is 6.29. The fourth-order valence-corrected chi connectivity index (χ4v) is 2.88. The number of aliphatic hydroxyl groups is 1. The van der Waals surface area contributed by atoms with Crippen LogP contribution in [0.2, 0.25) is 0 Å². The number of rotatable bonds is 3. The highest BCUT2D eigenvalue weighted by atomic mass is 19.1. The molecule has 3 rings (SSSR count). The number of nitrogens with two attached hydrogens (primary N) is 1. The van der Waals surface area contributed by atoms with E-state index >= 15 is 0 Å². The van der Waals surface area contributed by atoms with Gasteiger partial charge < -0.3 is 15.7 Å². The van der Waals surface area contributed by atoms with Gasteiger partial charge in [0.15, 0.2) is 0 Å². The summed E-state index contributed by atoms with van der Waals surface area (Å²) in [4.78, 5) is 14.2. The third kappa shape index (κ3) is 2.90. The van der Waals surface area contributed by atoms with Crippen LogP contribution in [0.15, 0.2) is 24.4 Å². The van der Waals surface area contributed by atoms with Gasteiger partial charge in [-0.05, 0) is 25.0 Å². The van der Waals surface area contributed by atoms with E-state index in [0.29, 0.717) is 25.9 Å². The van der Waals surface area contributed by atoms with Crippen LogP contribution in [0.1, 0.15) is 23.2 Å². The molecule has 1 fully saturated rings. The topological polar surface area (TPSA) is 95.2 Å². The number of piperidine rings is 1. The van der Waals surface area contributed by atoms with Crippen LogP contribution in [0.4, 0.5) is 8.78 Å². The lowest BCUT2D eigenvalue weighted by molar-refractivity contribution is -0.00949. The lowest BCUT2D eigenvalue weighted by Gasteiger charge is -2.37. The van der Waals surface area contributed by atoms with Crippen molar-refractivity contribution in [3.05, 3.63) is 41.6 Å². The SMILES string of the molecule is NCC1(O)CCN(C(=O)c2cn[nH]c2-c2c(F)cccc2F)CC1. The maximum Gasteiger partial charge on any atom is 0.257 e. The number of hydrogen-bond donors (Lipinski definition) is 3. The van der Waals surface area contributed by atoms with Gasteiger partial charge in [0, 0.05) is 19.6 Å². The molecule has 0 bridgehead atoms. The largest absolute Gasteiger partial charge is 0.388 e. The first kappa shape index (κ1) is 16.5. The number of carbonyl (C=O) groups excluding carboxylic acids is 1. The van der Waals surface area contributed by atoms with Crippen molar-refractivity contribution in [3.8, 4) is 11.3 Å². The molecule has 0 atom stereocenters. The van der Waals surface area contributed by atoms with Crippen LogP contribution in [0, 0.1) is 11.6 Å². The van der Waals surface area contributed by atoms with Crippen molar-refractivity contribution in [1.82, 2.24) is 15.1 Å². The number of amides is 1. The Morgan fingerprint density at radius 2 is 1.96 bits per heavy atom. The highest BCUT2D eigenvalue weighted by molar-refractivity contribution is 5.99. The molecule has 4 N–H and O–H groups in total. The van der Waals surface area contributed by atoms with Crippen molar-refractivity contribution in [2.75, 3.05) is 19.6 Å². The number of halogens is 2. The van der Waals surface area contributed by atoms with E-state index in [1.165, 1.54) is 17.2 Å². The van der Waals surface area contributed by atoms with Crippen molar-refractivity contribution in [2.24, 2.45) is 5.73 Å². The fourth-order valence-electron chi connectivity index (χ4n) is 2.88. The Kier molecular flexibility index (Phi) is 4.33. The van der Waals surface area contributed by atoms with Crippen LogP contribution in [0.3, 0.4) is 0 Å². The van der Waals surface area contributed by atoms with Gasteiger partial charge in [-0.3, -0.25) is 9.89 Å². The first-order chi connectivity index (χ1) is 11.4. The van der Waals surface area contributed by atoms with Crippen LogP contribution in [-0.2, 0) is 0 Å². The van der Waals surface area contributed by atoms with Gasteiger partial charge in [-0.25, -0.2) is 8.78 Å². The highest BCUT2D eigenvalue weighted by Crippen LogP contribution is 2.29. The van der Waals surface area contributed by atoms with E-state index < -0.39 is 17.2 Å². The van der Waals surface area contributed by atoms with Crippen molar-refractivity contribution in [2.45, 2.75) is 18.4 Å². The molecular formula is C16H18F2N4O2. The van der Waals surface area contributed by atoms with Crippen molar-refractivity contribution in [3.63, 3.8) is 0 Å². The Balaban J connectivity index is 1.87. The molecule has 2 aromatic rings. The summed E-state index contributed by atoms with van der Waals surface area (Å²) < 4.78 is 28.0. The Hall–Kier alpha value is -2.32. The van der Waals surface area contributed by atoms with Gasteiger partial charge in [0.1, 0.15) is 11.6 Å². The van der Waals surface area contributed by atoms with Gasteiger partial charge in [-0.1, -0.05) is 6.07 Å². The Morgan fingerprint density at radius 1 is 1.33 bits per heavy atom. The average Bonchev–Trinajstić information content (AvgIpc) is 3.04. The van der Waals surface area contributed by atoms with E-state index in [0.717, 1.165) is 12.1 Å². The lowest BCUT2D eigenvalue weighted by Crippen LogP contribution is -2.50. The number of nitrogens with one attached hydrogen (secondary N) is 1. The minimum atomic E-state index is -0.965. The van der Waals surface area contributed by atoms with Crippen molar-refractivity contribution in [1.29, 1.82) is 0 Å². The van der Waals surface area contributed by atoms with Crippen LogP contribution < -0.4 is 5.73 Å². The molecule has 1 aromatic heterocycles. The Labute approximate surface area is 137 Å². The Bertz CT molecular complexity index is 734. The number of aromatic nitrogens is 2. The maximum absolute atomic E-state index is 14.0. The molecule has 1 aliphatic rings. The molecule has 1 saturated heterocycles. The summed E-state index contributed by atoms with van der Waals surface area (Å²) in [6.07, 6.45) is 1.97. The van der Waals surface area contributed by atoms with E-state index in [1.807, 2.05) is 0 Å². The predicted molar refractivity (Wildman–Crippen MR) is 83.1 cm³/mol. The van der Waals surface area contributed by atoms with Gasteiger partial charge in [0.05, 0.1) is 28.6 Å². The van der Waals surface area contributed by atoms with Crippen LogP contribution in [-0.4, -0.2) is 51.3 Å². The summed E-state index contributed by atoms with van der Waals surface area (Å²) in [5.41, 5.74) is 4.36. The molecular weight excluding hydrogens is 318 g/mol. The normalized spacial score (nSPS) is 17.1. The summed E-state index contributed by atoms with van der Waals surface area (Å²) >= 11 is 0. The minimum Gasteiger partial charge on any atom is -0.388 e. The number of benzene rings is 1. The third-order valence-corrected chi connectivity index (χ3v) is 4.44. The zero-order chi connectivity index (χ0) is 17.3. The first-order valence-corrected chi connectivity index (χ1v) is 7.65. The molecule has 0 radical (unpaired) electrons. The van der Waals surface area contributed by atoms with Crippen LogP contribution >= 0.6 is 0 Å². The minimum absolute atomic E-state index is 0.00950. The van der Waals surface area contributed by atoms with Gasteiger partial charge in [0.2, 0.25) is 0 Å². The molecule has 1 aliphatic heterocycles. The van der Waals surface area contributed by atoms with Crippen molar-refractivity contribution >= 4 is 5.91 Å². The second-order valence-corrected chi connectivity index (χ2v) is 5.98. The fraction of sp³-hybridized carbons (Fsp3) is 0.375. The summed E-state index contributed by atoms with van der Waals surface area (Å²) in [6, 6.07) is 3.50. The monoisotopic (exact) mass is 336 g/mol. The standard InChI is InChI=1S/C16H18F2N4O2/c17-11-2-1-3-12(18)13(11)14-10(8-20-21-14)15(23)22-6-4-16(24,9-19)5-7-22/h1-3,8,24H,4-7,9,19H2,(H,20,21). The molecule has 2 heterocycles. The van der Waals surface area contributed by atoms with E-state index in [4.69, 9.17) is 5.73 Å². The summed E-state index contributed by atoms with van der Waals surface area (Å²) in [5.74, 6) is -1.94. The molecule has 1 aromatic carbocycles. The molecule has 1 amide bonds. The number of carbonyl (C=O) groups is 1. The quantitative estimate of drug-likeness (QED) is 0.787. The maximum atomic E-state index is 14.0. The molecule has 0 unspecified atom stereocenters. The number of hydrogen-bond acceptors (Lipinski definition) is 4. The van der Waals surface area contributed by atoms with Gasteiger partial charge in [-0.15, -0.1) is 0 Å². The molecule has 0 spiro atoms. The van der Waals surface area contributed by atoms with Crippen molar-refractivity contribution < 1.29 is 18.7 Å². The van der Waals surface area contributed by atoms with Gasteiger partial charge in [0.25, 0.3) is 5.91 Å². The number of likely N-dealkylation sites (tertiary alicyclic amines) is 1. The predicted octanol–water partition coefficient (Wildman–Crippen LogP) is 1.28. The smallest absolute Gasteiger partial charge is 0.257 e. The van der Waals surface area contributed by atoms with Gasteiger partial charge >= 0.3 is 0 Å². The average molecular weight is 336 g/mol. The van der Waals surface area contributed by atoms with E-state index in [-0.39, 0.29) is 29.3 Å². The molecule has 0 aliphatic carbocycles. The molecule has 128 valence electrons. The van der Waals surface area contributed by atoms with Gasteiger partial charge in [-0.2, -0.15) is 5.10 Å². The molecule has 8 heteroatoms.